The first-order valence-electron chi connectivity index (χ1n) is 26.0. The monoisotopic (exact) mass is 1270 g/mol. The van der Waals surface area contributed by atoms with Gasteiger partial charge >= 0.3 is 126 Å². The van der Waals surface area contributed by atoms with Crippen LogP contribution >= 0.6 is 0 Å². The van der Waals surface area contributed by atoms with Gasteiger partial charge in [-0.05, 0) is 85.3 Å². The van der Waals surface area contributed by atoms with Crippen molar-refractivity contribution in [1.29, 1.82) is 0 Å². The molecule has 6 N–H and O–H groups in total. The summed E-state index contributed by atoms with van der Waals surface area (Å²) in [5.41, 5.74) is 9.35. The van der Waals surface area contributed by atoms with Crippen LogP contribution in [0.3, 0.4) is 0 Å². The van der Waals surface area contributed by atoms with Crippen LogP contribution in [0.25, 0.3) is 67.1 Å². The van der Waals surface area contributed by atoms with Crippen LogP contribution in [-0.4, -0.2) is 81.0 Å². The number of fused-ring (bicyclic) bond motifs is 2. The van der Waals surface area contributed by atoms with Crippen LogP contribution < -0.4 is 134 Å². The van der Waals surface area contributed by atoms with E-state index in [1.807, 2.05) is 120 Å². The summed E-state index contributed by atoms with van der Waals surface area (Å²) < 4.78 is 55.0. The number of aryl methyl sites for hydroxylation is 2. The molecule has 0 aliphatic rings. The fourth-order valence-corrected chi connectivity index (χ4v) is 9.30. The molecule has 6 heterocycles. The van der Waals surface area contributed by atoms with Gasteiger partial charge in [0.2, 0.25) is 0 Å². The molecule has 0 unspecified atom stereocenters. The molecule has 0 bridgehead atoms. The first-order valence-corrected chi connectivity index (χ1v) is 26.0. The number of rotatable bonds is 18. The van der Waals surface area contributed by atoms with Crippen molar-refractivity contribution in [3.63, 3.8) is 0 Å². The molecule has 29 heteroatoms. The Labute approximate surface area is 588 Å². The van der Waals surface area contributed by atoms with Crippen molar-refractivity contribution < 1.29 is 185 Å². The van der Waals surface area contributed by atoms with Gasteiger partial charge in [0, 0.05) is 11.1 Å². The SMILES string of the molecule is CCOc1nc2cccc(C(=O)OCc3oc(=O)oc3C)c2n1Cc1ccc(-c2ccccc2-c2noc([O-])n2)cc1.CCOc1nc2cccc(C(=O)OCc3oc(=O)oc3C)c2n1Cc1ccc(-c2ccccc2-c2noc([O-])n2)cc1.O.O.O.[K+].[K+]. The molecule has 12 aromatic rings. The van der Waals surface area contributed by atoms with Crippen LogP contribution in [-0.2, 0) is 35.8 Å². The molecule has 0 atom stereocenters. The molecule has 0 spiro atoms. The van der Waals surface area contributed by atoms with Gasteiger partial charge in [-0.1, -0.05) is 109 Å². The van der Waals surface area contributed by atoms with E-state index in [4.69, 9.17) is 36.6 Å². The van der Waals surface area contributed by atoms with E-state index in [1.165, 1.54) is 0 Å². The smallest absolute Gasteiger partial charge is 0.528 e. The van der Waals surface area contributed by atoms with E-state index in [-0.39, 0.29) is 178 Å². The number of imidazole rings is 2. The summed E-state index contributed by atoms with van der Waals surface area (Å²) in [6.45, 7) is 7.72. The van der Waals surface area contributed by atoms with Gasteiger partial charge in [0.15, 0.2) is 60.1 Å². The fourth-order valence-electron chi connectivity index (χ4n) is 9.30. The molecule has 6 aromatic heterocycles. The number of hydrogen-bond acceptors (Lipinski definition) is 22. The van der Waals surface area contributed by atoms with Crippen LogP contribution in [0.5, 0.6) is 24.2 Å². The van der Waals surface area contributed by atoms with Gasteiger partial charge < -0.3 is 72.3 Å². The number of benzene rings is 6. The summed E-state index contributed by atoms with van der Waals surface area (Å²) in [6, 6.07) is 41.5. The number of ether oxygens (including phenoxy) is 4. The molecular formula is C60H52K2N8O19. The molecule has 89 heavy (non-hydrogen) atoms. The van der Waals surface area contributed by atoms with Gasteiger partial charge in [0.25, 0.3) is 12.0 Å². The fraction of sp³-hybridized carbons (Fsp3) is 0.167. The zero-order valence-electron chi connectivity index (χ0n) is 48.6. The van der Waals surface area contributed by atoms with E-state index < -0.39 is 35.7 Å². The normalized spacial score (nSPS) is 10.6. The quantitative estimate of drug-likeness (QED) is 0.0834. The van der Waals surface area contributed by atoms with Crippen LogP contribution in [0, 0.1) is 13.8 Å². The third kappa shape index (κ3) is 15.7. The minimum atomic E-state index is -0.860. The van der Waals surface area contributed by atoms with Gasteiger partial charge in [-0.3, -0.25) is 9.13 Å². The van der Waals surface area contributed by atoms with Crippen molar-refractivity contribution in [3.05, 3.63) is 200 Å². The number of carbonyl (C=O) groups is 2. The predicted octanol–water partition coefficient (Wildman–Crippen LogP) is 0.505. The summed E-state index contributed by atoms with van der Waals surface area (Å²) in [6.07, 6.45) is -1.50. The molecule has 0 aliphatic carbocycles. The Morgan fingerprint density at radius 3 is 1.18 bits per heavy atom. The van der Waals surface area contributed by atoms with Crippen molar-refractivity contribution >= 4 is 34.0 Å². The molecule has 0 saturated carbocycles. The van der Waals surface area contributed by atoms with Gasteiger partial charge in [0.05, 0.1) is 59.5 Å². The van der Waals surface area contributed by atoms with E-state index in [2.05, 4.69) is 39.3 Å². The van der Waals surface area contributed by atoms with Crippen LogP contribution in [0.2, 0.25) is 0 Å². The number of nitrogens with zero attached hydrogens (tertiary/aromatic N) is 8. The van der Waals surface area contributed by atoms with E-state index in [1.54, 1.807) is 50.2 Å². The molecule has 0 radical (unpaired) electrons. The summed E-state index contributed by atoms with van der Waals surface area (Å²) in [7, 11) is 0. The van der Waals surface area contributed by atoms with Crippen molar-refractivity contribution in [2.45, 2.75) is 54.0 Å². The standard InChI is InChI=1S/2C30H24N4O8.2K.3H2O/c2*1-3-38-28-31-23-10-6-9-22(27(35)39-16-24-17(2)40-30(37)41-24)25(23)34(28)15-18-11-13-19(14-12-18)20-7-4-5-8-21(20)26-32-29(36)42-33-26;;;;;/h2*4-14H,3,15-16H2,1-2H3,(H,32,33,36);;;3*1H2/q;;2*+1;;;/p-2. The number of aromatic nitrogens is 8. The third-order valence-electron chi connectivity index (χ3n) is 13.2. The van der Waals surface area contributed by atoms with E-state index in [9.17, 15) is 29.4 Å². The van der Waals surface area contributed by atoms with Crippen molar-refractivity contribution in [3.8, 4) is 69.2 Å². The number of esters is 2. The predicted molar refractivity (Wildman–Crippen MR) is 302 cm³/mol. The summed E-state index contributed by atoms with van der Waals surface area (Å²) in [5.74, 6) is -1.77. The first-order chi connectivity index (χ1) is 40.8. The van der Waals surface area contributed by atoms with Crippen molar-refractivity contribution in [2.75, 3.05) is 13.2 Å². The Morgan fingerprint density at radius 1 is 0.483 bits per heavy atom. The van der Waals surface area contributed by atoms with Gasteiger partial charge in [-0.15, -0.1) is 0 Å². The largest absolute Gasteiger partial charge is 1.00 e. The second-order valence-electron chi connectivity index (χ2n) is 18.4. The van der Waals surface area contributed by atoms with Crippen LogP contribution in [0.4, 0.5) is 0 Å². The second kappa shape index (κ2) is 31.3. The summed E-state index contributed by atoms with van der Waals surface area (Å²) in [4.78, 5) is 65.9. The van der Waals surface area contributed by atoms with Crippen molar-refractivity contribution in [1.82, 2.24) is 39.4 Å². The molecule has 27 nitrogen and oxygen atoms in total. The van der Waals surface area contributed by atoms with Gasteiger partial charge in [-0.25, -0.2) is 29.1 Å². The minimum Gasteiger partial charge on any atom is -0.528 e. The molecule has 6 aromatic carbocycles. The second-order valence-corrected chi connectivity index (χ2v) is 18.4. The van der Waals surface area contributed by atoms with Crippen LogP contribution in [0.1, 0.15) is 68.7 Å². The maximum absolute atomic E-state index is 13.2. The number of carbonyl (C=O) groups excluding carboxylic acids is 2. The Hall–Kier alpha value is -8.15. The minimum absolute atomic E-state index is 0. The average molecular weight is 1270 g/mol. The molecule has 0 amide bonds. The molecule has 0 aliphatic heterocycles. The first kappa shape index (κ1) is 69.9. The Kier molecular flexibility index (Phi) is 24.6. The zero-order chi connectivity index (χ0) is 58.4. The van der Waals surface area contributed by atoms with E-state index in [0.717, 1.165) is 33.4 Å². The van der Waals surface area contributed by atoms with E-state index >= 15 is 0 Å². The zero-order valence-corrected chi connectivity index (χ0v) is 54.8. The summed E-state index contributed by atoms with van der Waals surface area (Å²) >= 11 is 0. The Bertz CT molecular complexity index is 4200. The topological polar surface area (TPSA) is 412 Å². The molecular weight excluding hydrogens is 1210 g/mol. The van der Waals surface area contributed by atoms with Gasteiger partial charge in [-0.2, -0.15) is 20.3 Å². The third-order valence-corrected chi connectivity index (χ3v) is 13.2. The maximum atomic E-state index is 13.2. The Morgan fingerprint density at radius 2 is 0.854 bits per heavy atom. The average Bonchev–Trinajstić information content (AvgIpc) is 2.37. The molecule has 12 rings (SSSR count). The molecule has 448 valence electrons. The van der Waals surface area contributed by atoms with E-state index in [0.29, 0.717) is 71.5 Å². The molecule has 0 saturated heterocycles. The van der Waals surface area contributed by atoms with Crippen molar-refractivity contribution in [2.24, 2.45) is 0 Å². The van der Waals surface area contributed by atoms with Gasteiger partial charge in [0.1, 0.15) is 0 Å². The Balaban J connectivity index is 0.000000269. The molecule has 0 fully saturated rings. The summed E-state index contributed by atoms with van der Waals surface area (Å²) in [5, 5.41) is 30.4. The number of para-hydroxylation sites is 2. The maximum Gasteiger partial charge on any atom is 1.00 e. The number of hydrogen-bond donors (Lipinski definition) is 0. The van der Waals surface area contributed by atoms with Crippen LogP contribution in [0.15, 0.2) is 170 Å².